The van der Waals surface area contributed by atoms with Gasteiger partial charge in [0.05, 0.1) is 17.5 Å². The van der Waals surface area contributed by atoms with Crippen LogP contribution in [-0.2, 0) is 4.79 Å². The molecule has 1 saturated heterocycles. The van der Waals surface area contributed by atoms with Crippen molar-refractivity contribution in [1.82, 2.24) is 19.2 Å². The second-order valence-electron chi connectivity index (χ2n) is 6.99. The summed E-state index contributed by atoms with van der Waals surface area (Å²) in [4.78, 5) is 21.7. The van der Waals surface area contributed by atoms with Crippen molar-refractivity contribution in [2.24, 2.45) is 5.92 Å². The first-order chi connectivity index (χ1) is 13.2. The first kappa shape index (κ1) is 17.5. The van der Waals surface area contributed by atoms with Crippen LogP contribution in [0.2, 0.25) is 0 Å². The molecular weight excluding hydrogens is 360 g/mol. The lowest BCUT2D eigenvalue weighted by Crippen LogP contribution is -2.48. The molecule has 1 fully saturated rings. The molecule has 2 N–H and O–H groups in total. The minimum atomic E-state index is -0.0999. The third kappa shape index (κ3) is 3.51. The highest BCUT2D eigenvalue weighted by atomic mass is 32.1. The van der Waals surface area contributed by atoms with Gasteiger partial charge in [0.2, 0.25) is 5.91 Å². The summed E-state index contributed by atoms with van der Waals surface area (Å²) in [5.41, 5.74) is 3.65. The molecule has 0 bridgehead atoms. The molecule has 3 aromatic rings. The predicted octanol–water partition coefficient (Wildman–Crippen LogP) is 3.25. The van der Waals surface area contributed by atoms with Crippen molar-refractivity contribution in [1.29, 1.82) is 5.26 Å². The summed E-state index contributed by atoms with van der Waals surface area (Å²) in [6.07, 6.45) is 4.60. The maximum atomic E-state index is 12.2. The molecule has 27 heavy (non-hydrogen) atoms. The van der Waals surface area contributed by atoms with Crippen LogP contribution >= 0.6 is 11.5 Å². The van der Waals surface area contributed by atoms with Gasteiger partial charge in [0.15, 0.2) is 0 Å². The topological polar surface area (TPSA) is 97.7 Å². The van der Waals surface area contributed by atoms with Gasteiger partial charge in [0.1, 0.15) is 12.1 Å². The number of hydrogen-bond acceptors (Lipinski definition) is 6. The van der Waals surface area contributed by atoms with Gasteiger partial charge in [-0.15, -0.1) is 0 Å². The molecule has 0 radical (unpaired) electrons. The number of piperidine rings is 1. The van der Waals surface area contributed by atoms with Crippen LogP contribution in [0.25, 0.3) is 22.3 Å². The summed E-state index contributed by atoms with van der Waals surface area (Å²) < 4.78 is 4.46. The molecule has 2 atom stereocenters. The lowest BCUT2D eigenvalue weighted by molar-refractivity contribution is -0.132. The third-order valence-electron chi connectivity index (χ3n) is 4.89. The van der Waals surface area contributed by atoms with E-state index in [1.54, 1.807) is 4.90 Å². The minimum absolute atomic E-state index is 0.0686. The molecule has 0 aliphatic carbocycles. The maximum Gasteiger partial charge on any atom is 0.236 e. The molecule has 1 amide bonds. The Kier molecular flexibility index (Phi) is 4.77. The summed E-state index contributed by atoms with van der Waals surface area (Å²) >= 11 is 1.41. The highest BCUT2D eigenvalue weighted by molar-refractivity contribution is 7.03. The Morgan fingerprint density at radius 1 is 1.48 bits per heavy atom. The fourth-order valence-corrected chi connectivity index (χ4v) is 4.28. The number of nitrogens with one attached hydrogen (secondary N) is 2. The molecule has 4 rings (SSSR count). The maximum absolute atomic E-state index is 12.2. The van der Waals surface area contributed by atoms with Crippen LogP contribution in [0.3, 0.4) is 0 Å². The normalized spacial score (nSPS) is 19.8. The molecule has 0 spiro atoms. The van der Waals surface area contributed by atoms with Crippen molar-refractivity contribution in [2.75, 3.05) is 18.4 Å². The van der Waals surface area contributed by atoms with Gasteiger partial charge in [0, 0.05) is 47.9 Å². The number of carbonyl (C=O) groups is 1. The number of likely N-dealkylation sites (tertiary alicyclic amines) is 1. The first-order valence-corrected chi connectivity index (χ1v) is 9.77. The Labute approximate surface area is 161 Å². The number of fused-ring (bicyclic) bond motifs is 1. The summed E-state index contributed by atoms with van der Waals surface area (Å²) in [7, 11) is 0. The van der Waals surface area contributed by atoms with E-state index in [1.165, 1.54) is 11.5 Å². The van der Waals surface area contributed by atoms with E-state index >= 15 is 0 Å². The second kappa shape index (κ2) is 7.37. The number of pyridine rings is 1. The van der Waals surface area contributed by atoms with E-state index in [1.807, 2.05) is 36.0 Å². The number of aromatic amines is 1. The zero-order valence-electron chi connectivity index (χ0n) is 15.0. The van der Waals surface area contributed by atoms with E-state index in [-0.39, 0.29) is 18.4 Å². The predicted molar refractivity (Wildman–Crippen MR) is 105 cm³/mol. The van der Waals surface area contributed by atoms with Gasteiger partial charge in [-0.2, -0.15) is 9.64 Å². The van der Waals surface area contributed by atoms with Crippen LogP contribution in [-0.4, -0.2) is 44.3 Å². The Bertz CT molecular complexity index is 989. The molecule has 4 heterocycles. The Morgan fingerprint density at radius 3 is 3.15 bits per heavy atom. The molecule has 1 unspecified atom stereocenters. The zero-order valence-corrected chi connectivity index (χ0v) is 15.8. The van der Waals surface area contributed by atoms with E-state index in [9.17, 15) is 4.79 Å². The van der Waals surface area contributed by atoms with Crippen molar-refractivity contribution >= 4 is 34.2 Å². The number of H-pyrrole nitrogens is 1. The highest BCUT2D eigenvalue weighted by Gasteiger charge is 2.28. The van der Waals surface area contributed by atoms with E-state index in [4.69, 9.17) is 5.26 Å². The van der Waals surface area contributed by atoms with Gasteiger partial charge in [-0.25, -0.2) is 4.98 Å². The number of rotatable bonds is 4. The van der Waals surface area contributed by atoms with E-state index < -0.39 is 0 Å². The molecule has 8 heteroatoms. The number of amides is 1. The molecule has 0 aromatic carbocycles. The van der Waals surface area contributed by atoms with Crippen molar-refractivity contribution in [2.45, 2.75) is 25.8 Å². The number of aromatic nitrogens is 3. The van der Waals surface area contributed by atoms with Crippen LogP contribution in [0, 0.1) is 17.2 Å². The van der Waals surface area contributed by atoms with E-state index in [0.717, 1.165) is 34.4 Å². The van der Waals surface area contributed by atoms with Gasteiger partial charge < -0.3 is 15.2 Å². The van der Waals surface area contributed by atoms with Gasteiger partial charge in [0.25, 0.3) is 0 Å². The molecule has 1 aliphatic heterocycles. The smallest absolute Gasteiger partial charge is 0.236 e. The fraction of sp³-hybridized carbons (Fsp3) is 0.368. The first-order valence-electron chi connectivity index (χ1n) is 8.93. The number of hydrogen-bond donors (Lipinski definition) is 2. The molecular formula is C19H20N6OS. The average Bonchev–Trinajstić information content (AvgIpc) is 3.33. The van der Waals surface area contributed by atoms with Crippen LogP contribution in [0.15, 0.2) is 29.9 Å². The summed E-state index contributed by atoms with van der Waals surface area (Å²) in [6, 6.07) is 6.06. The van der Waals surface area contributed by atoms with Crippen LogP contribution in [0.4, 0.5) is 5.69 Å². The van der Waals surface area contributed by atoms with Crippen molar-refractivity contribution in [3.05, 3.63) is 29.9 Å². The van der Waals surface area contributed by atoms with Crippen LogP contribution in [0.1, 0.15) is 19.8 Å². The van der Waals surface area contributed by atoms with Gasteiger partial charge in [-0.05, 0) is 36.0 Å². The second-order valence-corrected chi connectivity index (χ2v) is 7.65. The molecule has 3 aromatic heterocycles. The Hall–Kier alpha value is -2.92. The summed E-state index contributed by atoms with van der Waals surface area (Å²) in [5.74, 6) is 0.266. The van der Waals surface area contributed by atoms with Crippen molar-refractivity contribution in [3.63, 3.8) is 0 Å². The van der Waals surface area contributed by atoms with Crippen molar-refractivity contribution in [3.8, 4) is 17.3 Å². The minimum Gasteiger partial charge on any atom is -0.379 e. The van der Waals surface area contributed by atoms with E-state index in [0.29, 0.717) is 19.0 Å². The average molecular weight is 380 g/mol. The van der Waals surface area contributed by atoms with Crippen LogP contribution in [0.5, 0.6) is 0 Å². The lowest BCUT2D eigenvalue weighted by Gasteiger charge is -2.37. The molecule has 138 valence electrons. The summed E-state index contributed by atoms with van der Waals surface area (Å²) in [5, 5.41) is 15.5. The van der Waals surface area contributed by atoms with Gasteiger partial charge in [-0.3, -0.25) is 4.79 Å². The third-order valence-corrected chi connectivity index (χ3v) is 5.45. The SMILES string of the molecule is C[C@H]1CC(Nc2c(-c3ccsn3)cnc3[nH]ccc23)CN(C(=O)CC#N)C1. The molecule has 0 saturated carbocycles. The molecule has 7 nitrogen and oxygen atoms in total. The van der Waals surface area contributed by atoms with E-state index in [2.05, 4.69) is 26.6 Å². The van der Waals surface area contributed by atoms with Crippen LogP contribution < -0.4 is 5.32 Å². The van der Waals surface area contributed by atoms with Gasteiger partial charge >= 0.3 is 0 Å². The standard InChI is InChI=1S/C19H20N6OS/c1-12-8-13(11-25(10-12)17(26)2-5-20)23-18-14-3-6-21-19(14)22-9-15(18)16-4-7-27-24-16/h3-4,6-7,9,12-13H,2,8,10-11H2,1H3,(H2,21,22,23)/t12-,13?/m0/s1. The number of anilines is 1. The Morgan fingerprint density at radius 2 is 2.37 bits per heavy atom. The fourth-order valence-electron chi connectivity index (χ4n) is 3.75. The summed E-state index contributed by atoms with van der Waals surface area (Å²) in [6.45, 7) is 3.43. The lowest BCUT2D eigenvalue weighted by atomic mass is 9.95. The zero-order chi connectivity index (χ0) is 18.8. The highest BCUT2D eigenvalue weighted by Crippen LogP contribution is 2.34. The Balaban J connectivity index is 1.66. The quantitative estimate of drug-likeness (QED) is 0.724. The number of nitrogens with zero attached hydrogens (tertiary/aromatic N) is 4. The van der Waals surface area contributed by atoms with Crippen molar-refractivity contribution < 1.29 is 4.79 Å². The van der Waals surface area contributed by atoms with Gasteiger partial charge in [-0.1, -0.05) is 6.92 Å². The number of carbonyl (C=O) groups excluding carboxylic acids is 1. The molecule has 1 aliphatic rings. The number of nitriles is 1. The largest absolute Gasteiger partial charge is 0.379 e. The monoisotopic (exact) mass is 380 g/mol.